The number of allylic oxidation sites excluding steroid dienone is 1. The van der Waals surface area contributed by atoms with Crippen LogP contribution in [0.2, 0.25) is 0 Å². The van der Waals surface area contributed by atoms with Crippen molar-refractivity contribution in [2.75, 3.05) is 20.8 Å². The number of methoxy groups -OCH3 is 2. The fraction of sp³-hybridized carbons (Fsp3) is 0.194. The monoisotopic (exact) mass is 554 g/mol. The van der Waals surface area contributed by atoms with Crippen LogP contribution in [0, 0.1) is 0 Å². The van der Waals surface area contributed by atoms with Crippen LogP contribution in [-0.2, 0) is 4.79 Å². The number of aromatic nitrogens is 2. The van der Waals surface area contributed by atoms with Crippen LogP contribution < -0.4 is 25.6 Å². The molecule has 210 valence electrons. The first-order valence-electron chi connectivity index (χ1n) is 13.0. The lowest BCUT2D eigenvalue weighted by Crippen LogP contribution is -2.32. The number of benzene rings is 2. The number of ether oxygens (including phenoxy) is 2. The summed E-state index contributed by atoms with van der Waals surface area (Å²) in [4.78, 5) is 35.7. The van der Waals surface area contributed by atoms with Crippen molar-refractivity contribution in [1.29, 1.82) is 0 Å². The fourth-order valence-corrected chi connectivity index (χ4v) is 5.10. The molecule has 41 heavy (non-hydrogen) atoms. The minimum Gasteiger partial charge on any atom is -0.505 e. The van der Waals surface area contributed by atoms with Gasteiger partial charge < -0.3 is 35.0 Å². The van der Waals surface area contributed by atoms with Gasteiger partial charge >= 0.3 is 5.97 Å². The number of nitrogens with one attached hydrogen (secondary N) is 3. The summed E-state index contributed by atoms with van der Waals surface area (Å²) in [5.74, 6) is -0.900. The minimum absolute atomic E-state index is 0.0464. The van der Waals surface area contributed by atoms with Crippen LogP contribution in [-0.4, -0.2) is 52.8 Å². The Hall–Kier alpha value is -5.25. The third-order valence-electron chi connectivity index (χ3n) is 7.05. The molecule has 0 bridgehead atoms. The number of carbonyl (C=O) groups is 2. The Kier molecular flexibility index (Phi) is 7.39. The lowest BCUT2D eigenvalue weighted by Gasteiger charge is -2.25. The third kappa shape index (κ3) is 5.07. The Balaban J connectivity index is 1.64. The average molecular weight is 555 g/mol. The Bertz CT molecular complexity index is 1800. The summed E-state index contributed by atoms with van der Waals surface area (Å²) in [6.45, 7) is 4.03. The number of hydrogen-bond acceptors (Lipinski definition) is 6. The van der Waals surface area contributed by atoms with Crippen molar-refractivity contribution in [2.24, 2.45) is 4.99 Å². The molecule has 3 heterocycles. The second-order valence-electron chi connectivity index (χ2n) is 9.51. The van der Waals surface area contributed by atoms with Crippen LogP contribution in [0.15, 0.2) is 70.9 Å². The maximum absolute atomic E-state index is 13.3. The number of amides is 1. The molecule has 10 nitrogen and oxygen atoms in total. The Morgan fingerprint density at radius 2 is 1.80 bits per heavy atom. The van der Waals surface area contributed by atoms with Gasteiger partial charge in [0, 0.05) is 29.2 Å². The Labute approximate surface area is 235 Å². The molecule has 0 fully saturated rings. The number of fused-ring (bicyclic) bond motifs is 1. The van der Waals surface area contributed by atoms with E-state index < -0.39 is 11.9 Å². The summed E-state index contributed by atoms with van der Waals surface area (Å²) in [5, 5.41) is 24.0. The topological polar surface area (TPSA) is 149 Å². The van der Waals surface area contributed by atoms with Crippen molar-refractivity contribution >= 4 is 18.0 Å². The second kappa shape index (κ2) is 11.1. The van der Waals surface area contributed by atoms with Crippen LogP contribution in [0.5, 0.6) is 17.2 Å². The Morgan fingerprint density at radius 1 is 1.05 bits per heavy atom. The molecule has 0 saturated carbocycles. The highest BCUT2D eigenvalue weighted by Crippen LogP contribution is 2.42. The molecule has 10 heteroatoms. The minimum atomic E-state index is -0.987. The van der Waals surface area contributed by atoms with E-state index in [4.69, 9.17) is 14.6 Å². The van der Waals surface area contributed by atoms with E-state index in [2.05, 4.69) is 20.3 Å². The highest BCUT2D eigenvalue weighted by atomic mass is 16.5. The lowest BCUT2D eigenvalue weighted by atomic mass is 9.82. The van der Waals surface area contributed by atoms with Crippen LogP contribution in [0.3, 0.4) is 0 Å². The number of carboxylic acid groups (broad SMARTS) is 1. The quantitative estimate of drug-likeness (QED) is 0.225. The number of aromatic carboxylic acids is 1. The van der Waals surface area contributed by atoms with Gasteiger partial charge in [0.15, 0.2) is 0 Å². The van der Waals surface area contributed by atoms with Crippen LogP contribution >= 0.6 is 0 Å². The normalized spacial score (nSPS) is 14.8. The van der Waals surface area contributed by atoms with Gasteiger partial charge in [0.05, 0.1) is 42.2 Å². The van der Waals surface area contributed by atoms with Gasteiger partial charge in [-0.2, -0.15) is 0 Å². The molecule has 1 amide bonds. The molecule has 4 aromatic rings. The van der Waals surface area contributed by atoms with E-state index in [0.717, 1.165) is 11.3 Å². The van der Waals surface area contributed by atoms with Crippen molar-refractivity contribution < 1.29 is 29.3 Å². The second-order valence-corrected chi connectivity index (χ2v) is 9.51. The van der Waals surface area contributed by atoms with Gasteiger partial charge in [0.2, 0.25) is 5.91 Å². The van der Waals surface area contributed by atoms with Crippen molar-refractivity contribution in [1.82, 2.24) is 15.3 Å². The van der Waals surface area contributed by atoms with E-state index in [0.29, 0.717) is 57.0 Å². The summed E-state index contributed by atoms with van der Waals surface area (Å²) in [6.07, 6.45) is 1.75. The number of likely N-dealkylation sites (N-methyl/N-ethyl adjacent to an activating group) is 1. The molecule has 0 radical (unpaired) electrons. The van der Waals surface area contributed by atoms with Gasteiger partial charge in [-0.1, -0.05) is 12.1 Å². The van der Waals surface area contributed by atoms with E-state index in [9.17, 15) is 14.7 Å². The summed E-state index contributed by atoms with van der Waals surface area (Å²) in [7, 11) is 3.11. The van der Waals surface area contributed by atoms with Crippen molar-refractivity contribution in [3.63, 3.8) is 0 Å². The highest BCUT2D eigenvalue weighted by Gasteiger charge is 2.36. The third-order valence-corrected chi connectivity index (χ3v) is 7.05. The molecule has 0 spiro atoms. The zero-order chi connectivity index (χ0) is 29.3. The molecule has 1 aliphatic rings. The van der Waals surface area contributed by atoms with Gasteiger partial charge in [-0.25, -0.2) is 9.79 Å². The van der Waals surface area contributed by atoms with E-state index in [1.54, 1.807) is 69.7 Å². The molecule has 2 aromatic carbocycles. The highest BCUT2D eigenvalue weighted by molar-refractivity contribution is 5.97. The van der Waals surface area contributed by atoms with Crippen molar-refractivity contribution in [3.05, 3.63) is 99.1 Å². The molecule has 1 unspecified atom stereocenters. The molecular formula is C31H30N4O6. The van der Waals surface area contributed by atoms with E-state index in [-0.39, 0.29) is 17.2 Å². The number of rotatable bonds is 8. The molecule has 0 aliphatic carbocycles. The number of H-pyrrole nitrogens is 2. The molecule has 2 aromatic heterocycles. The molecule has 5 N–H and O–H groups in total. The van der Waals surface area contributed by atoms with Gasteiger partial charge in [-0.05, 0) is 68.0 Å². The summed E-state index contributed by atoms with van der Waals surface area (Å²) >= 11 is 0. The predicted octanol–water partition coefficient (Wildman–Crippen LogP) is 3.43. The van der Waals surface area contributed by atoms with Crippen LogP contribution in [0.25, 0.3) is 17.3 Å². The van der Waals surface area contributed by atoms with Gasteiger partial charge in [0.1, 0.15) is 22.7 Å². The first-order valence-corrected chi connectivity index (χ1v) is 13.0. The number of carboxylic acids is 1. The molecule has 1 aliphatic heterocycles. The van der Waals surface area contributed by atoms with Crippen LogP contribution in [0.4, 0.5) is 0 Å². The number of nitrogens with zero attached hydrogens (tertiary/aromatic N) is 1. The fourth-order valence-electron chi connectivity index (χ4n) is 5.10. The van der Waals surface area contributed by atoms with E-state index in [1.165, 1.54) is 0 Å². The van der Waals surface area contributed by atoms with Gasteiger partial charge in [-0.15, -0.1) is 0 Å². The molecule has 0 saturated heterocycles. The van der Waals surface area contributed by atoms with Crippen molar-refractivity contribution in [2.45, 2.75) is 19.8 Å². The van der Waals surface area contributed by atoms with Gasteiger partial charge in [-0.3, -0.25) is 4.79 Å². The first-order chi connectivity index (χ1) is 19.7. The largest absolute Gasteiger partial charge is 0.505 e. The smallest absolute Gasteiger partial charge is 0.335 e. The maximum Gasteiger partial charge on any atom is 0.335 e. The van der Waals surface area contributed by atoms with Crippen LogP contribution in [0.1, 0.15) is 46.9 Å². The predicted molar refractivity (Wildman–Crippen MR) is 153 cm³/mol. The molecule has 5 rings (SSSR count). The zero-order valence-electron chi connectivity index (χ0n) is 23.0. The van der Waals surface area contributed by atoms with Gasteiger partial charge in [0.25, 0.3) is 0 Å². The zero-order valence-corrected chi connectivity index (χ0v) is 23.0. The Morgan fingerprint density at radius 3 is 2.46 bits per heavy atom. The maximum atomic E-state index is 13.3. The molecule has 1 atom stereocenters. The first kappa shape index (κ1) is 27.3. The molecular weight excluding hydrogens is 524 g/mol. The lowest BCUT2D eigenvalue weighted by molar-refractivity contribution is -0.117. The SMILES string of the molecule is CCNC(=O)C1=C(C)N=c2[nH]c(=Cc3ccc(-c4ccc(C(=O)O)cc4)[nH]3)c(O)c2C1c1cc(OC)ccc1OC. The van der Waals surface area contributed by atoms with Crippen molar-refractivity contribution in [3.8, 4) is 28.5 Å². The summed E-state index contributed by atoms with van der Waals surface area (Å²) in [5.41, 5.74) is 4.94. The standard InChI is InChI=1S/C31H30N4O6/c1-5-32-30(37)25-16(2)33-29-27(26(25)21-15-20(40-3)11-13-24(21)41-4)28(36)23(35-29)14-19-10-12-22(34-19)17-6-8-18(9-7-17)31(38)39/h6-15,26,34,36H,5H2,1-4H3,(H,32,37)(H,33,35)(H,38,39). The number of aromatic hydroxyl groups is 1. The average Bonchev–Trinajstić information content (AvgIpc) is 3.56. The number of hydrogen-bond donors (Lipinski definition) is 5. The summed E-state index contributed by atoms with van der Waals surface area (Å²) in [6, 6.07) is 15.6. The van der Waals surface area contributed by atoms with E-state index in [1.807, 2.05) is 19.1 Å². The van der Waals surface area contributed by atoms with E-state index >= 15 is 0 Å². The summed E-state index contributed by atoms with van der Waals surface area (Å²) < 4.78 is 11.1. The number of carbonyl (C=O) groups excluding carboxylic acids is 1. The number of aromatic amines is 2.